The second-order valence-corrected chi connectivity index (χ2v) is 16.9. The van der Waals surface area contributed by atoms with Gasteiger partial charge in [0.1, 0.15) is 23.6 Å². The number of hydrogen-bond acceptors (Lipinski definition) is 14. The van der Waals surface area contributed by atoms with Gasteiger partial charge in [0.25, 0.3) is 11.4 Å². The molecule has 0 aliphatic rings. The van der Waals surface area contributed by atoms with Crippen LogP contribution >= 0.6 is 21.6 Å². The number of amides is 4. The number of nitrogens with zero attached hydrogens (tertiary/aromatic N) is 2. The van der Waals surface area contributed by atoms with Gasteiger partial charge in [0.15, 0.2) is 0 Å². The lowest BCUT2D eigenvalue weighted by atomic mass is 10.2. The quantitative estimate of drug-likeness (QED) is 0.0142. The summed E-state index contributed by atoms with van der Waals surface area (Å²) < 4.78 is 10.4. The van der Waals surface area contributed by atoms with E-state index in [-0.39, 0.29) is 83.7 Å². The van der Waals surface area contributed by atoms with Crippen LogP contribution in [0.4, 0.5) is 11.4 Å². The molecule has 0 radical (unpaired) electrons. The number of hydrogen-bond donors (Lipinski definition) is 4. The van der Waals surface area contributed by atoms with Crippen LogP contribution < -0.4 is 30.7 Å². The van der Waals surface area contributed by atoms with Crippen molar-refractivity contribution in [1.29, 1.82) is 0 Å². The van der Waals surface area contributed by atoms with E-state index in [2.05, 4.69) is 21.3 Å². The minimum absolute atomic E-state index is 0.110. The van der Waals surface area contributed by atoms with E-state index in [0.29, 0.717) is 64.5 Å². The van der Waals surface area contributed by atoms with Gasteiger partial charge in [-0.2, -0.15) is 0 Å². The molecule has 0 aromatic heterocycles. The average molecular weight is 905 g/mol. The predicted molar refractivity (Wildman–Crippen MR) is 237 cm³/mol. The number of non-ortho nitro benzene ring substituents is 2. The van der Waals surface area contributed by atoms with Crippen LogP contribution in [0.15, 0.2) is 48.5 Å². The smallest absolute Gasteiger partial charge is 0.311 e. The molecule has 0 heterocycles. The molecule has 0 spiro atoms. The molecular weight excluding hydrogens is 845 g/mol. The number of esters is 2. The largest absolute Gasteiger partial charge is 0.427 e. The normalized spacial score (nSPS) is 11.7. The third kappa shape index (κ3) is 23.7. The first-order chi connectivity index (χ1) is 29.8. The van der Waals surface area contributed by atoms with E-state index < -0.39 is 33.9 Å². The van der Waals surface area contributed by atoms with Crippen molar-refractivity contribution in [3.05, 3.63) is 68.8 Å². The molecule has 20 heteroatoms. The van der Waals surface area contributed by atoms with Gasteiger partial charge in [-0.25, -0.2) is 0 Å². The molecule has 4 N–H and O–H groups in total. The van der Waals surface area contributed by atoms with Gasteiger partial charge >= 0.3 is 11.9 Å². The Bertz CT molecular complexity index is 1610. The number of carbonyl (C=O) groups excluding carboxylic acids is 6. The van der Waals surface area contributed by atoms with Crippen LogP contribution in [0, 0.1) is 20.2 Å². The number of nitro benzene ring substituents is 2. The second kappa shape index (κ2) is 31.6. The maximum absolute atomic E-state index is 13.2. The summed E-state index contributed by atoms with van der Waals surface area (Å²) >= 11 is 0. The monoisotopic (exact) mass is 904 g/mol. The van der Waals surface area contributed by atoms with E-state index >= 15 is 0 Å². The van der Waals surface area contributed by atoms with Gasteiger partial charge in [-0.15, -0.1) is 0 Å². The highest BCUT2D eigenvalue weighted by Crippen LogP contribution is 2.24. The summed E-state index contributed by atoms with van der Waals surface area (Å²) in [5.74, 6) is -1.33. The molecule has 2 aromatic carbocycles. The van der Waals surface area contributed by atoms with Crippen LogP contribution in [-0.4, -0.2) is 82.1 Å². The molecule has 0 aliphatic carbocycles. The van der Waals surface area contributed by atoms with Crippen molar-refractivity contribution >= 4 is 68.5 Å². The van der Waals surface area contributed by atoms with Crippen LogP contribution in [0.3, 0.4) is 0 Å². The van der Waals surface area contributed by atoms with E-state index in [9.17, 15) is 49.0 Å². The average Bonchev–Trinajstić information content (AvgIpc) is 3.24. The molecule has 342 valence electrons. The van der Waals surface area contributed by atoms with Crippen molar-refractivity contribution in [1.82, 2.24) is 21.3 Å². The van der Waals surface area contributed by atoms with Crippen molar-refractivity contribution in [3.63, 3.8) is 0 Å². The standard InChI is InChI=1S/C42H60N6O12S2/c1-3-5-9-15-37(49)45-35(41(53)43-27-13-7-11-17-39(51)59-33-23-19-31(20-24-33)47(55)56)29-61-62-30-36(46-38(50)16-10-6-4-2)42(54)44-28-14-8-12-18-40(52)60-34-25-21-32(22-26-34)48(57)58/h19-26,35-36H,3-18,27-30H2,1-2H3,(H,43,53)(H,44,54)(H,45,49)(H,46,50)/t35-,36-/m0/s1. The predicted octanol–water partition coefficient (Wildman–Crippen LogP) is 6.88. The zero-order valence-corrected chi connectivity index (χ0v) is 37.2. The van der Waals surface area contributed by atoms with Crippen LogP contribution in [0.2, 0.25) is 0 Å². The fourth-order valence-electron chi connectivity index (χ4n) is 5.65. The van der Waals surface area contributed by atoms with Gasteiger partial charge < -0.3 is 30.7 Å². The van der Waals surface area contributed by atoms with E-state index in [1.165, 1.54) is 70.1 Å². The molecule has 0 unspecified atom stereocenters. The van der Waals surface area contributed by atoms with Crippen LogP contribution in [-0.2, 0) is 28.8 Å². The number of unbranched alkanes of at least 4 members (excludes halogenated alkanes) is 8. The highest BCUT2D eigenvalue weighted by Gasteiger charge is 2.24. The molecule has 2 atom stereocenters. The number of nitro groups is 2. The third-order valence-corrected chi connectivity index (χ3v) is 11.6. The Morgan fingerprint density at radius 1 is 0.532 bits per heavy atom. The third-order valence-electron chi connectivity index (χ3n) is 9.14. The lowest BCUT2D eigenvalue weighted by Crippen LogP contribution is -2.49. The lowest BCUT2D eigenvalue weighted by Gasteiger charge is -2.20. The van der Waals surface area contributed by atoms with Gasteiger partial charge in [-0.3, -0.25) is 49.0 Å². The molecule has 2 rings (SSSR count). The van der Waals surface area contributed by atoms with Crippen LogP contribution in [0.1, 0.15) is 117 Å². The minimum Gasteiger partial charge on any atom is -0.427 e. The Balaban J connectivity index is 1.83. The fourth-order valence-corrected chi connectivity index (χ4v) is 7.98. The van der Waals surface area contributed by atoms with Crippen molar-refractivity contribution in [2.75, 3.05) is 24.6 Å². The highest BCUT2D eigenvalue weighted by molar-refractivity contribution is 8.76. The Hall–Kier alpha value is -5.24. The number of carbonyl (C=O) groups is 6. The molecule has 2 aromatic rings. The van der Waals surface area contributed by atoms with Crippen LogP contribution in [0.25, 0.3) is 0 Å². The van der Waals surface area contributed by atoms with E-state index in [0.717, 1.165) is 25.7 Å². The Morgan fingerprint density at radius 2 is 0.887 bits per heavy atom. The Kier molecular flexibility index (Phi) is 26.9. The summed E-state index contributed by atoms with van der Waals surface area (Å²) in [7, 11) is 2.60. The van der Waals surface area contributed by atoms with Gasteiger partial charge in [-0.1, -0.05) is 74.0 Å². The zero-order valence-electron chi connectivity index (χ0n) is 35.5. The minimum atomic E-state index is -0.847. The van der Waals surface area contributed by atoms with E-state index in [4.69, 9.17) is 9.47 Å². The van der Waals surface area contributed by atoms with Gasteiger partial charge in [-0.05, 0) is 62.8 Å². The number of benzene rings is 2. The van der Waals surface area contributed by atoms with Crippen LogP contribution in [0.5, 0.6) is 11.5 Å². The second-order valence-electron chi connectivity index (χ2n) is 14.4. The maximum Gasteiger partial charge on any atom is 0.311 e. The van der Waals surface area contributed by atoms with Crippen molar-refractivity contribution < 1.29 is 48.1 Å². The van der Waals surface area contributed by atoms with Gasteiger partial charge in [0.05, 0.1) is 9.85 Å². The summed E-state index contributed by atoms with van der Waals surface area (Å²) in [6.07, 6.45) is 9.20. The van der Waals surface area contributed by atoms with Crippen molar-refractivity contribution in [2.24, 2.45) is 0 Å². The molecular formula is C42H60N6O12S2. The first-order valence-corrected chi connectivity index (χ1v) is 23.6. The topological polar surface area (TPSA) is 255 Å². The van der Waals surface area contributed by atoms with Gasteiger partial charge in [0, 0.05) is 74.5 Å². The fraction of sp³-hybridized carbons (Fsp3) is 0.571. The molecule has 0 aliphatic heterocycles. The lowest BCUT2D eigenvalue weighted by molar-refractivity contribution is -0.385. The number of rotatable bonds is 33. The molecule has 0 saturated heterocycles. The molecule has 62 heavy (non-hydrogen) atoms. The molecule has 0 bridgehead atoms. The molecule has 4 amide bonds. The van der Waals surface area contributed by atoms with Crippen molar-refractivity contribution in [3.8, 4) is 11.5 Å². The SMILES string of the molecule is CCCCCC(=O)N[C@@H](CSSC[C@H](NC(=O)CCCCC)C(=O)NCCCCCC(=O)Oc1ccc([N+](=O)[O-])cc1)C(=O)NCCCCCC(=O)Oc1ccc([N+](=O)[O-])cc1. The number of nitrogens with one attached hydrogen (secondary N) is 4. The molecule has 0 fully saturated rings. The summed E-state index contributed by atoms with van der Waals surface area (Å²) in [4.78, 5) is 96.9. The summed E-state index contributed by atoms with van der Waals surface area (Å²) in [6.45, 7) is 4.69. The first kappa shape index (κ1) is 52.9. The molecule has 0 saturated carbocycles. The Labute approximate surface area is 370 Å². The summed E-state index contributed by atoms with van der Waals surface area (Å²) in [5, 5.41) is 33.0. The van der Waals surface area contributed by atoms with Gasteiger partial charge in [0.2, 0.25) is 23.6 Å². The van der Waals surface area contributed by atoms with E-state index in [1.807, 2.05) is 13.8 Å². The summed E-state index contributed by atoms with van der Waals surface area (Å²) in [5.41, 5.74) is -0.220. The zero-order chi connectivity index (χ0) is 45.5. The molecule has 18 nitrogen and oxygen atoms in total. The number of ether oxygens (including phenoxy) is 2. The first-order valence-electron chi connectivity index (χ1n) is 21.1. The van der Waals surface area contributed by atoms with Crippen molar-refractivity contribution in [2.45, 2.75) is 129 Å². The highest BCUT2D eigenvalue weighted by atomic mass is 33.1. The maximum atomic E-state index is 13.2. The van der Waals surface area contributed by atoms with E-state index in [1.54, 1.807) is 0 Å². The Morgan fingerprint density at radius 3 is 1.23 bits per heavy atom. The summed E-state index contributed by atoms with van der Waals surface area (Å²) in [6, 6.07) is 8.75.